The summed E-state index contributed by atoms with van der Waals surface area (Å²) in [7, 11) is 0. The van der Waals surface area contributed by atoms with E-state index in [1.807, 2.05) is 6.07 Å². The van der Waals surface area contributed by atoms with Gasteiger partial charge in [0, 0.05) is 24.1 Å². The fourth-order valence-electron chi connectivity index (χ4n) is 1.08. The molecule has 0 saturated heterocycles. The highest BCUT2D eigenvalue weighted by Crippen LogP contribution is 2.14. The molecule has 70 valence electrons. The molecule has 2 aromatic heterocycles. The molecule has 0 aliphatic carbocycles. The van der Waals surface area contributed by atoms with Crippen molar-refractivity contribution in [3.63, 3.8) is 0 Å². The van der Waals surface area contributed by atoms with Crippen LogP contribution in [-0.4, -0.2) is 9.97 Å². The fraction of sp³-hybridized carbons (Fsp3) is 0. The second-order valence-corrected chi connectivity index (χ2v) is 2.73. The summed E-state index contributed by atoms with van der Waals surface area (Å²) in [4.78, 5) is 7.39. The average Bonchev–Trinajstić information content (AvgIpc) is 2.19. The maximum Gasteiger partial charge on any atom is 0.214 e. The summed E-state index contributed by atoms with van der Waals surface area (Å²) in [6.07, 6.45) is 4.75. The van der Waals surface area contributed by atoms with Gasteiger partial charge in [-0.1, -0.05) is 0 Å². The van der Waals surface area contributed by atoms with Gasteiger partial charge in [0.25, 0.3) is 0 Å². The number of aromatic nitrogens is 2. The molecule has 3 nitrogen and oxygen atoms in total. The quantitative estimate of drug-likeness (QED) is 0.737. The summed E-state index contributed by atoms with van der Waals surface area (Å²) in [5.41, 5.74) is 1.48. The van der Waals surface area contributed by atoms with Crippen LogP contribution in [0.25, 0.3) is 0 Å². The first-order chi connectivity index (χ1) is 6.84. The molecule has 2 rings (SSSR count). The molecule has 14 heavy (non-hydrogen) atoms. The molecule has 4 heteroatoms. The molecule has 0 unspecified atom stereocenters. The van der Waals surface area contributed by atoms with Crippen molar-refractivity contribution in [3.8, 4) is 0 Å². The van der Waals surface area contributed by atoms with Crippen molar-refractivity contribution in [2.45, 2.75) is 0 Å². The van der Waals surface area contributed by atoms with Crippen LogP contribution in [0.15, 0.2) is 42.9 Å². The fourth-order valence-corrected chi connectivity index (χ4v) is 1.08. The van der Waals surface area contributed by atoms with Crippen molar-refractivity contribution in [2.24, 2.45) is 0 Å². The van der Waals surface area contributed by atoms with E-state index in [0.717, 1.165) is 5.69 Å². The number of hydrogen-bond acceptors (Lipinski definition) is 3. The van der Waals surface area contributed by atoms with Crippen LogP contribution in [0.4, 0.5) is 15.8 Å². The third-order valence-electron chi connectivity index (χ3n) is 1.68. The van der Waals surface area contributed by atoms with Crippen LogP contribution in [0.1, 0.15) is 0 Å². The highest BCUT2D eigenvalue weighted by molar-refractivity contribution is 5.57. The average molecular weight is 189 g/mol. The number of anilines is 2. The second-order valence-electron chi connectivity index (χ2n) is 2.73. The number of pyridine rings is 2. The van der Waals surface area contributed by atoms with Gasteiger partial charge in [-0.25, -0.2) is 4.98 Å². The van der Waals surface area contributed by atoms with Crippen molar-refractivity contribution in [2.75, 3.05) is 5.32 Å². The number of hydrogen-bond donors (Lipinski definition) is 1. The lowest BCUT2D eigenvalue weighted by Gasteiger charge is -2.04. The molecule has 0 radical (unpaired) electrons. The first kappa shape index (κ1) is 8.62. The van der Waals surface area contributed by atoms with Gasteiger partial charge in [-0.15, -0.1) is 0 Å². The predicted octanol–water partition coefficient (Wildman–Crippen LogP) is 2.36. The zero-order valence-corrected chi connectivity index (χ0v) is 7.31. The minimum absolute atomic E-state index is 0.501. The number of nitrogens with zero attached hydrogens (tertiary/aromatic N) is 2. The van der Waals surface area contributed by atoms with Crippen LogP contribution in [0.5, 0.6) is 0 Å². The van der Waals surface area contributed by atoms with E-state index in [9.17, 15) is 4.39 Å². The molecular formula is C10H8FN3. The van der Waals surface area contributed by atoms with Crippen LogP contribution < -0.4 is 5.32 Å². The monoisotopic (exact) mass is 189 g/mol. The molecule has 0 spiro atoms. The Labute approximate surface area is 80.6 Å². The summed E-state index contributed by atoms with van der Waals surface area (Å²) < 4.78 is 12.7. The first-order valence-electron chi connectivity index (χ1n) is 4.13. The van der Waals surface area contributed by atoms with Gasteiger partial charge in [0.05, 0.1) is 11.9 Å². The van der Waals surface area contributed by atoms with E-state index < -0.39 is 5.95 Å². The van der Waals surface area contributed by atoms with E-state index in [0.29, 0.717) is 5.69 Å². The smallest absolute Gasteiger partial charge is 0.214 e. The largest absolute Gasteiger partial charge is 0.354 e. The van der Waals surface area contributed by atoms with Gasteiger partial charge in [-0.3, -0.25) is 4.98 Å². The van der Waals surface area contributed by atoms with Gasteiger partial charge >= 0.3 is 0 Å². The minimum atomic E-state index is -0.501. The van der Waals surface area contributed by atoms with E-state index >= 15 is 0 Å². The van der Waals surface area contributed by atoms with Crippen molar-refractivity contribution >= 4 is 11.4 Å². The molecule has 0 aliphatic heterocycles. The van der Waals surface area contributed by atoms with Crippen LogP contribution in [0, 0.1) is 5.95 Å². The first-order valence-corrected chi connectivity index (χ1v) is 4.13. The number of nitrogens with one attached hydrogen (secondary N) is 1. The zero-order valence-electron chi connectivity index (χ0n) is 7.31. The molecule has 0 aliphatic rings. The Hall–Kier alpha value is -1.97. The highest BCUT2D eigenvalue weighted by Gasteiger charge is 1.95. The number of halogens is 1. The van der Waals surface area contributed by atoms with E-state index in [1.165, 1.54) is 12.3 Å². The Morgan fingerprint density at radius 2 is 2.07 bits per heavy atom. The van der Waals surface area contributed by atoms with Crippen LogP contribution >= 0.6 is 0 Å². The van der Waals surface area contributed by atoms with Gasteiger partial charge in [0.15, 0.2) is 0 Å². The van der Waals surface area contributed by atoms with E-state index in [1.54, 1.807) is 24.5 Å². The van der Waals surface area contributed by atoms with Gasteiger partial charge in [-0.05, 0) is 18.2 Å². The Bertz CT molecular complexity index is 417. The molecule has 0 saturated carbocycles. The summed E-state index contributed by atoms with van der Waals surface area (Å²) in [5.74, 6) is -0.501. The minimum Gasteiger partial charge on any atom is -0.354 e. The maximum absolute atomic E-state index is 12.7. The summed E-state index contributed by atoms with van der Waals surface area (Å²) in [5, 5.41) is 3.00. The van der Waals surface area contributed by atoms with Crippen LogP contribution in [0.2, 0.25) is 0 Å². The highest BCUT2D eigenvalue weighted by atomic mass is 19.1. The predicted molar refractivity (Wildman–Crippen MR) is 51.7 cm³/mol. The molecular weight excluding hydrogens is 181 g/mol. The molecule has 2 aromatic rings. The third kappa shape index (κ3) is 2.04. The van der Waals surface area contributed by atoms with Crippen molar-refractivity contribution in [1.29, 1.82) is 0 Å². The van der Waals surface area contributed by atoms with E-state index in [4.69, 9.17) is 0 Å². The molecule has 0 bridgehead atoms. The Morgan fingerprint density at radius 3 is 2.79 bits per heavy atom. The topological polar surface area (TPSA) is 37.8 Å². The van der Waals surface area contributed by atoms with Crippen molar-refractivity contribution in [1.82, 2.24) is 9.97 Å². The summed E-state index contributed by atoms with van der Waals surface area (Å²) in [6, 6.07) is 6.67. The van der Waals surface area contributed by atoms with Crippen molar-refractivity contribution in [3.05, 3.63) is 48.8 Å². The molecule has 0 fully saturated rings. The lowest BCUT2D eigenvalue weighted by Crippen LogP contribution is -1.92. The molecule has 0 amide bonds. The molecule has 0 aromatic carbocycles. The van der Waals surface area contributed by atoms with Crippen LogP contribution in [-0.2, 0) is 0 Å². The Balaban J connectivity index is 2.19. The molecule has 0 atom stereocenters. The van der Waals surface area contributed by atoms with Gasteiger partial charge in [0.1, 0.15) is 0 Å². The van der Waals surface area contributed by atoms with E-state index in [-0.39, 0.29) is 0 Å². The van der Waals surface area contributed by atoms with Crippen molar-refractivity contribution < 1.29 is 4.39 Å². The number of rotatable bonds is 2. The SMILES string of the molecule is Fc1cc(Nc2cccnc2)ccn1. The van der Waals surface area contributed by atoms with Crippen LogP contribution in [0.3, 0.4) is 0 Å². The van der Waals surface area contributed by atoms with E-state index in [2.05, 4.69) is 15.3 Å². The van der Waals surface area contributed by atoms with Gasteiger partial charge in [-0.2, -0.15) is 4.39 Å². The third-order valence-corrected chi connectivity index (χ3v) is 1.68. The summed E-state index contributed by atoms with van der Waals surface area (Å²) in [6.45, 7) is 0. The second kappa shape index (κ2) is 3.83. The van der Waals surface area contributed by atoms with Gasteiger partial charge < -0.3 is 5.32 Å². The zero-order chi connectivity index (χ0) is 9.80. The summed E-state index contributed by atoms with van der Waals surface area (Å²) >= 11 is 0. The Kier molecular flexibility index (Phi) is 2.36. The molecule has 2 heterocycles. The lowest BCUT2D eigenvalue weighted by molar-refractivity contribution is 0.584. The molecule has 1 N–H and O–H groups in total. The lowest BCUT2D eigenvalue weighted by atomic mass is 10.3. The van der Waals surface area contributed by atoms with Gasteiger partial charge in [0.2, 0.25) is 5.95 Å². The normalized spacial score (nSPS) is 9.79. The maximum atomic E-state index is 12.7. The standard InChI is InChI=1S/C10H8FN3/c11-10-6-8(3-5-13-10)14-9-2-1-4-12-7-9/h1-7H,(H,13,14). The Morgan fingerprint density at radius 1 is 1.14 bits per heavy atom.